The fourth-order valence-electron chi connectivity index (χ4n) is 1.76. The van der Waals surface area contributed by atoms with Gasteiger partial charge in [0.05, 0.1) is 0 Å². The maximum Gasteiger partial charge on any atom is 0.115 e. The lowest BCUT2D eigenvalue weighted by atomic mass is 10.1. The van der Waals surface area contributed by atoms with E-state index < -0.39 is 0 Å². The Hall–Kier alpha value is -1.45. The molecule has 0 aliphatic rings. The number of hydrogen-bond acceptors (Lipinski definition) is 3. The maximum absolute atomic E-state index is 5.86. The van der Waals surface area contributed by atoms with Crippen LogP contribution in [0.15, 0.2) is 43.0 Å². The van der Waals surface area contributed by atoms with Crippen molar-refractivity contribution in [2.45, 2.75) is 25.9 Å². The van der Waals surface area contributed by atoms with Crippen LogP contribution in [-0.2, 0) is 13.0 Å². The summed E-state index contributed by atoms with van der Waals surface area (Å²) in [7, 11) is 0. The van der Waals surface area contributed by atoms with Gasteiger partial charge in [-0.3, -0.25) is 0 Å². The summed E-state index contributed by atoms with van der Waals surface area (Å²) in [5.41, 5.74) is 2.38. The SMILES string of the molecule is CC(Cc1ccc(Cl)cc1)NCc1cncnc1. The van der Waals surface area contributed by atoms with Gasteiger partial charge >= 0.3 is 0 Å². The first-order valence-corrected chi connectivity index (χ1v) is 6.33. The summed E-state index contributed by atoms with van der Waals surface area (Å²) < 4.78 is 0. The molecule has 0 radical (unpaired) electrons. The standard InChI is InChI=1S/C14H16ClN3/c1-11(6-12-2-4-14(15)5-3-12)18-9-13-7-16-10-17-8-13/h2-5,7-8,10-11,18H,6,9H2,1H3. The molecule has 4 heteroatoms. The smallest absolute Gasteiger partial charge is 0.115 e. The summed E-state index contributed by atoms with van der Waals surface area (Å²) in [4.78, 5) is 7.98. The molecule has 0 bridgehead atoms. The second-order valence-electron chi connectivity index (χ2n) is 4.36. The number of hydrogen-bond donors (Lipinski definition) is 1. The Bertz CT molecular complexity index is 470. The molecule has 0 saturated heterocycles. The molecular weight excluding hydrogens is 246 g/mol. The quantitative estimate of drug-likeness (QED) is 0.899. The van der Waals surface area contributed by atoms with Crippen LogP contribution in [0.4, 0.5) is 0 Å². The molecule has 0 aliphatic carbocycles. The Labute approximate surface area is 112 Å². The topological polar surface area (TPSA) is 37.8 Å². The van der Waals surface area contributed by atoms with Gasteiger partial charge in [0, 0.05) is 35.6 Å². The Morgan fingerprint density at radius 1 is 1.11 bits per heavy atom. The summed E-state index contributed by atoms with van der Waals surface area (Å²) in [5.74, 6) is 0. The third-order valence-electron chi connectivity index (χ3n) is 2.72. The maximum atomic E-state index is 5.86. The van der Waals surface area contributed by atoms with Gasteiger partial charge in [0.1, 0.15) is 6.33 Å². The van der Waals surface area contributed by atoms with E-state index in [9.17, 15) is 0 Å². The van der Waals surface area contributed by atoms with Crippen molar-refractivity contribution >= 4 is 11.6 Å². The van der Waals surface area contributed by atoms with E-state index in [2.05, 4.69) is 34.3 Å². The van der Waals surface area contributed by atoms with Gasteiger partial charge in [-0.05, 0) is 31.0 Å². The highest BCUT2D eigenvalue weighted by Gasteiger charge is 2.03. The molecule has 0 amide bonds. The average molecular weight is 262 g/mol. The van der Waals surface area contributed by atoms with Crippen molar-refractivity contribution in [2.75, 3.05) is 0 Å². The van der Waals surface area contributed by atoms with Crippen LogP contribution in [-0.4, -0.2) is 16.0 Å². The summed E-state index contributed by atoms with van der Waals surface area (Å²) in [6.45, 7) is 2.95. The van der Waals surface area contributed by atoms with Gasteiger partial charge in [0.15, 0.2) is 0 Å². The summed E-state index contributed by atoms with van der Waals surface area (Å²) >= 11 is 5.86. The molecular formula is C14H16ClN3. The molecule has 18 heavy (non-hydrogen) atoms. The predicted octanol–water partition coefficient (Wildman–Crippen LogP) is 2.85. The van der Waals surface area contributed by atoms with E-state index in [0.717, 1.165) is 23.6 Å². The summed E-state index contributed by atoms with van der Waals surface area (Å²) in [5, 5.41) is 4.23. The zero-order valence-electron chi connectivity index (χ0n) is 10.3. The van der Waals surface area contributed by atoms with Gasteiger partial charge in [0.25, 0.3) is 0 Å². The molecule has 2 aromatic rings. The van der Waals surface area contributed by atoms with Crippen molar-refractivity contribution in [1.29, 1.82) is 0 Å². The van der Waals surface area contributed by atoms with Crippen molar-refractivity contribution in [3.05, 3.63) is 59.1 Å². The van der Waals surface area contributed by atoms with Crippen LogP contribution in [0.2, 0.25) is 5.02 Å². The van der Waals surface area contributed by atoms with Crippen molar-refractivity contribution in [3.8, 4) is 0 Å². The van der Waals surface area contributed by atoms with Crippen molar-refractivity contribution in [3.63, 3.8) is 0 Å². The lowest BCUT2D eigenvalue weighted by molar-refractivity contribution is 0.544. The lowest BCUT2D eigenvalue weighted by Gasteiger charge is -2.13. The molecule has 3 nitrogen and oxygen atoms in total. The average Bonchev–Trinajstić information content (AvgIpc) is 2.40. The molecule has 1 N–H and O–H groups in total. The zero-order valence-corrected chi connectivity index (χ0v) is 11.1. The minimum Gasteiger partial charge on any atom is -0.310 e. The Morgan fingerprint density at radius 2 is 1.78 bits per heavy atom. The van der Waals surface area contributed by atoms with Gasteiger partial charge < -0.3 is 5.32 Å². The highest BCUT2D eigenvalue weighted by Crippen LogP contribution is 2.11. The fourth-order valence-corrected chi connectivity index (χ4v) is 1.89. The number of rotatable bonds is 5. The van der Waals surface area contributed by atoms with E-state index in [1.807, 2.05) is 24.5 Å². The third kappa shape index (κ3) is 4.09. The first-order chi connectivity index (χ1) is 8.74. The zero-order chi connectivity index (χ0) is 12.8. The molecule has 1 atom stereocenters. The van der Waals surface area contributed by atoms with Crippen LogP contribution in [0.5, 0.6) is 0 Å². The van der Waals surface area contributed by atoms with Gasteiger partial charge in [-0.15, -0.1) is 0 Å². The van der Waals surface area contributed by atoms with Crippen LogP contribution >= 0.6 is 11.6 Å². The summed E-state index contributed by atoms with van der Waals surface area (Å²) in [6, 6.07) is 8.37. The van der Waals surface area contributed by atoms with Gasteiger partial charge in [-0.25, -0.2) is 9.97 Å². The van der Waals surface area contributed by atoms with Crippen LogP contribution in [0.25, 0.3) is 0 Å². The lowest BCUT2D eigenvalue weighted by Crippen LogP contribution is -2.27. The van der Waals surface area contributed by atoms with Crippen LogP contribution < -0.4 is 5.32 Å². The second-order valence-corrected chi connectivity index (χ2v) is 4.80. The van der Waals surface area contributed by atoms with Gasteiger partial charge in [-0.2, -0.15) is 0 Å². The molecule has 1 unspecified atom stereocenters. The van der Waals surface area contributed by atoms with Crippen molar-refractivity contribution < 1.29 is 0 Å². The number of aromatic nitrogens is 2. The summed E-state index contributed by atoms with van der Waals surface area (Å²) in [6.07, 6.45) is 6.18. The van der Waals surface area contributed by atoms with Gasteiger partial charge in [-0.1, -0.05) is 23.7 Å². The Kier molecular flexibility index (Phi) is 4.67. The molecule has 1 aromatic heterocycles. The number of nitrogens with one attached hydrogen (secondary N) is 1. The number of nitrogens with zero attached hydrogens (tertiary/aromatic N) is 2. The predicted molar refractivity (Wildman–Crippen MR) is 73.5 cm³/mol. The van der Waals surface area contributed by atoms with Gasteiger partial charge in [0.2, 0.25) is 0 Å². The molecule has 0 fully saturated rings. The molecule has 0 aliphatic heterocycles. The third-order valence-corrected chi connectivity index (χ3v) is 2.98. The van der Waals surface area contributed by atoms with E-state index in [1.165, 1.54) is 5.56 Å². The van der Waals surface area contributed by atoms with Crippen LogP contribution in [0.3, 0.4) is 0 Å². The fraction of sp³-hybridized carbons (Fsp3) is 0.286. The number of halogens is 1. The monoisotopic (exact) mass is 261 g/mol. The van der Waals surface area contributed by atoms with E-state index in [1.54, 1.807) is 6.33 Å². The van der Waals surface area contributed by atoms with Crippen molar-refractivity contribution in [1.82, 2.24) is 15.3 Å². The van der Waals surface area contributed by atoms with Crippen LogP contribution in [0.1, 0.15) is 18.1 Å². The molecule has 2 rings (SSSR count). The first kappa shape index (κ1) is 13.0. The van der Waals surface area contributed by atoms with Crippen LogP contribution in [0, 0.1) is 0 Å². The Morgan fingerprint density at radius 3 is 2.44 bits per heavy atom. The molecule has 1 aromatic carbocycles. The first-order valence-electron chi connectivity index (χ1n) is 5.96. The molecule has 94 valence electrons. The number of benzene rings is 1. The molecule has 0 spiro atoms. The van der Waals surface area contributed by atoms with E-state index in [4.69, 9.17) is 11.6 Å². The highest BCUT2D eigenvalue weighted by atomic mass is 35.5. The van der Waals surface area contributed by atoms with E-state index in [0.29, 0.717) is 6.04 Å². The highest BCUT2D eigenvalue weighted by molar-refractivity contribution is 6.30. The van der Waals surface area contributed by atoms with E-state index >= 15 is 0 Å². The normalized spacial score (nSPS) is 12.3. The van der Waals surface area contributed by atoms with Crippen molar-refractivity contribution in [2.24, 2.45) is 0 Å². The minimum atomic E-state index is 0.395. The molecule has 1 heterocycles. The minimum absolute atomic E-state index is 0.395. The largest absolute Gasteiger partial charge is 0.310 e. The van der Waals surface area contributed by atoms with E-state index in [-0.39, 0.29) is 0 Å². The molecule has 0 saturated carbocycles. The Balaban J connectivity index is 1.82. The second kappa shape index (κ2) is 6.47.